The zero-order valence-electron chi connectivity index (χ0n) is 18.5. The van der Waals surface area contributed by atoms with E-state index in [1.807, 2.05) is 6.92 Å². The molecule has 0 saturated carbocycles. The van der Waals surface area contributed by atoms with E-state index in [4.69, 9.17) is 4.74 Å². The minimum atomic E-state index is -1.06. The van der Waals surface area contributed by atoms with Crippen molar-refractivity contribution in [2.24, 2.45) is 0 Å². The van der Waals surface area contributed by atoms with Crippen molar-refractivity contribution in [3.05, 3.63) is 62.3 Å². The highest BCUT2D eigenvalue weighted by Gasteiger charge is 2.26. The number of H-pyrrole nitrogens is 1. The fraction of sp³-hybridized carbons (Fsp3) is 0.348. The lowest BCUT2D eigenvalue weighted by atomic mass is 10.0. The Kier molecular flexibility index (Phi) is 5.92. The number of hydrogen-bond acceptors (Lipinski definition) is 6. The molecule has 0 radical (unpaired) electrons. The van der Waals surface area contributed by atoms with Gasteiger partial charge in [0.05, 0.1) is 22.3 Å². The van der Waals surface area contributed by atoms with Gasteiger partial charge in [0.1, 0.15) is 5.69 Å². The molecule has 0 spiro atoms. The third kappa shape index (κ3) is 3.93. The molecular formula is C23H25N3O5. The summed E-state index contributed by atoms with van der Waals surface area (Å²) in [6.45, 7) is 10.3. The molecule has 3 rings (SSSR count). The summed E-state index contributed by atoms with van der Waals surface area (Å²) in [6.07, 6.45) is -1.06. The Bertz CT molecular complexity index is 1280. The summed E-state index contributed by atoms with van der Waals surface area (Å²) in [7, 11) is 0. The second-order valence-corrected chi connectivity index (χ2v) is 7.54. The largest absolute Gasteiger partial charge is 0.451 e. The van der Waals surface area contributed by atoms with Gasteiger partial charge in [0.15, 0.2) is 11.9 Å². The number of benzene rings is 1. The topological polar surface area (TPSA) is 111 Å². The Labute approximate surface area is 179 Å². The van der Waals surface area contributed by atoms with E-state index in [0.717, 1.165) is 0 Å². The number of hydrogen-bond donors (Lipinski definition) is 1. The van der Waals surface area contributed by atoms with E-state index in [0.29, 0.717) is 40.1 Å². The maximum Gasteiger partial charge on any atom is 0.338 e. The number of ether oxygens (including phenoxy) is 1. The first kappa shape index (κ1) is 22.1. The van der Waals surface area contributed by atoms with E-state index in [-0.39, 0.29) is 22.6 Å². The van der Waals surface area contributed by atoms with Gasteiger partial charge in [0, 0.05) is 17.8 Å². The quantitative estimate of drug-likeness (QED) is 0.481. The smallest absolute Gasteiger partial charge is 0.338 e. The molecule has 31 heavy (non-hydrogen) atoms. The minimum Gasteiger partial charge on any atom is -0.451 e. The molecule has 0 unspecified atom stereocenters. The second kappa shape index (κ2) is 8.29. The van der Waals surface area contributed by atoms with Gasteiger partial charge in [-0.05, 0) is 65.3 Å². The van der Waals surface area contributed by atoms with E-state index in [1.165, 1.54) is 13.8 Å². The summed E-state index contributed by atoms with van der Waals surface area (Å²) in [6, 6.07) is 4.74. The number of Topliss-reactive ketones (excluding diaryl/α,β-unsaturated/α-hetero) is 2. The summed E-state index contributed by atoms with van der Waals surface area (Å²) in [4.78, 5) is 56.8. The van der Waals surface area contributed by atoms with E-state index >= 15 is 0 Å². The van der Waals surface area contributed by atoms with Gasteiger partial charge in [-0.1, -0.05) is 0 Å². The van der Waals surface area contributed by atoms with Crippen molar-refractivity contribution in [3.63, 3.8) is 0 Å². The number of carbonyl (C=O) groups is 3. The number of fused-ring (bicyclic) bond motifs is 1. The fourth-order valence-electron chi connectivity index (χ4n) is 3.83. The van der Waals surface area contributed by atoms with Crippen LogP contribution in [0.5, 0.6) is 0 Å². The van der Waals surface area contributed by atoms with E-state index < -0.39 is 17.9 Å². The maximum atomic E-state index is 12.8. The Morgan fingerprint density at radius 3 is 2.45 bits per heavy atom. The van der Waals surface area contributed by atoms with Crippen molar-refractivity contribution in [1.29, 1.82) is 0 Å². The van der Waals surface area contributed by atoms with Gasteiger partial charge >= 0.3 is 5.97 Å². The first-order chi connectivity index (χ1) is 14.6. The van der Waals surface area contributed by atoms with Crippen LogP contribution < -0.4 is 5.56 Å². The number of aryl methyl sites for hydroxylation is 3. The van der Waals surface area contributed by atoms with Crippen LogP contribution in [-0.2, 0) is 11.3 Å². The molecule has 1 N–H and O–H groups in total. The average Bonchev–Trinajstić information content (AvgIpc) is 3.02. The van der Waals surface area contributed by atoms with Crippen LogP contribution in [-0.4, -0.2) is 38.2 Å². The molecule has 1 aromatic carbocycles. The Morgan fingerprint density at radius 2 is 1.87 bits per heavy atom. The standard InChI is InChI=1S/C23H25N3O5/c1-7-26-18-9-8-16(10-17(18)24-13(4)22(26)29)23(30)31-15(6)21(28)20-11(2)19(14(5)27)12(3)25-20/h8-10,15,25H,7H2,1-6H3/t15-/m1/s1. The lowest BCUT2D eigenvalue weighted by Gasteiger charge is -2.13. The van der Waals surface area contributed by atoms with Gasteiger partial charge in [-0.25, -0.2) is 9.78 Å². The molecular weight excluding hydrogens is 398 g/mol. The molecule has 0 aliphatic carbocycles. The summed E-state index contributed by atoms with van der Waals surface area (Å²) >= 11 is 0. The van der Waals surface area contributed by atoms with Crippen molar-refractivity contribution < 1.29 is 19.1 Å². The molecule has 0 amide bonds. The van der Waals surface area contributed by atoms with Crippen molar-refractivity contribution >= 4 is 28.6 Å². The first-order valence-electron chi connectivity index (χ1n) is 10.0. The SMILES string of the molecule is CCn1c(=O)c(C)nc2cc(C(=O)O[C@H](C)C(=O)c3[nH]c(C)c(C(C)=O)c3C)ccc21. The Morgan fingerprint density at radius 1 is 1.19 bits per heavy atom. The van der Waals surface area contributed by atoms with Crippen LogP contribution in [0.25, 0.3) is 11.0 Å². The van der Waals surface area contributed by atoms with Crippen LogP contribution in [0.1, 0.15) is 68.9 Å². The van der Waals surface area contributed by atoms with Crippen molar-refractivity contribution in [2.75, 3.05) is 0 Å². The highest BCUT2D eigenvalue weighted by atomic mass is 16.5. The highest BCUT2D eigenvalue weighted by molar-refractivity contribution is 6.05. The molecule has 2 heterocycles. The Balaban J connectivity index is 1.87. The Hall–Kier alpha value is -3.55. The lowest BCUT2D eigenvalue weighted by Crippen LogP contribution is -2.26. The van der Waals surface area contributed by atoms with Crippen molar-refractivity contribution in [1.82, 2.24) is 14.5 Å². The van der Waals surface area contributed by atoms with Crippen LogP contribution in [0.15, 0.2) is 23.0 Å². The molecule has 8 heteroatoms. The van der Waals surface area contributed by atoms with Gasteiger partial charge in [-0.3, -0.25) is 14.4 Å². The van der Waals surface area contributed by atoms with Crippen LogP contribution >= 0.6 is 0 Å². The molecule has 3 aromatic rings. The molecule has 2 aromatic heterocycles. The molecule has 8 nitrogen and oxygen atoms in total. The van der Waals surface area contributed by atoms with Gasteiger partial charge < -0.3 is 14.3 Å². The molecule has 0 bridgehead atoms. The van der Waals surface area contributed by atoms with Crippen LogP contribution in [0.4, 0.5) is 0 Å². The zero-order valence-corrected chi connectivity index (χ0v) is 18.5. The van der Waals surface area contributed by atoms with Crippen LogP contribution in [0.3, 0.4) is 0 Å². The number of ketones is 2. The number of aromatic amines is 1. The fourth-order valence-corrected chi connectivity index (χ4v) is 3.83. The van der Waals surface area contributed by atoms with Crippen LogP contribution in [0, 0.1) is 20.8 Å². The first-order valence-corrected chi connectivity index (χ1v) is 10.0. The van der Waals surface area contributed by atoms with Gasteiger partial charge in [0.2, 0.25) is 5.78 Å². The zero-order chi connectivity index (χ0) is 23.0. The number of nitrogens with one attached hydrogen (secondary N) is 1. The maximum absolute atomic E-state index is 12.8. The number of esters is 1. The monoisotopic (exact) mass is 423 g/mol. The summed E-state index contributed by atoms with van der Waals surface area (Å²) < 4.78 is 6.97. The number of rotatable bonds is 6. The molecule has 0 saturated heterocycles. The summed E-state index contributed by atoms with van der Waals surface area (Å²) in [5, 5.41) is 0. The third-order valence-electron chi connectivity index (χ3n) is 5.35. The second-order valence-electron chi connectivity index (χ2n) is 7.54. The van der Waals surface area contributed by atoms with Crippen LogP contribution in [0.2, 0.25) is 0 Å². The number of nitrogens with zero attached hydrogens (tertiary/aromatic N) is 2. The van der Waals surface area contributed by atoms with E-state index in [9.17, 15) is 19.2 Å². The van der Waals surface area contributed by atoms with E-state index in [2.05, 4.69) is 9.97 Å². The predicted octanol–water partition coefficient (Wildman–Crippen LogP) is 3.30. The summed E-state index contributed by atoms with van der Waals surface area (Å²) in [5.41, 5.74) is 3.37. The van der Waals surface area contributed by atoms with E-state index in [1.54, 1.807) is 43.5 Å². The minimum absolute atomic E-state index is 0.139. The third-order valence-corrected chi connectivity index (χ3v) is 5.35. The number of aromatic nitrogens is 3. The van der Waals surface area contributed by atoms with Crippen molar-refractivity contribution in [3.8, 4) is 0 Å². The highest BCUT2D eigenvalue weighted by Crippen LogP contribution is 2.21. The molecule has 1 atom stereocenters. The molecule has 0 aliphatic rings. The molecule has 162 valence electrons. The normalized spacial score (nSPS) is 12.1. The van der Waals surface area contributed by atoms with Gasteiger partial charge in [-0.15, -0.1) is 0 Å². The average molecular weight is 423 g/mol. The molecule has 0 fully saturated rings. The summed E-state index contributed by atoms with van der Waals surface area (Å²) in [5.74, 6) is -1.24. The molecule has 0 aliphatic heterocycles. The lowest BCUT2D eigenvalue weighted by molar-refractivity contribution is 0.0317. The van der Waals surface area contributed by atoms with Crippen molar-refractivity contribution in [2.45, 2.75) is 54.2 Å². The van der Waals surface area contributed by atoms with Gasteiger partial charge in [-0.2, -0.15) is 0 Å². The van der Waals surface area contributed by atoms with Gasteiger partial charge in [0.25, 0.3) is 5.56 Å². The number of carbonyl (C=O) groups excluding carboxylic acids is 3. The predicted molar refractivity (Wildman–Crippen MR) is 116 cm³/mol.